The Morgan fingerprint density at radius 3 is 2.27 bits per heavy atom. The predicted octanol–water partition coefficient (Wildman–Crippen LogP) is 3.61. The number of carbonyl (C=O) groups excluding carboxylic acids is 1. The second-order valence-electron chi connectivity index (χ2n) is 7.41. The molecule has 2 rings (SSSR count). The SMILES string of the molecule is CCS(=O)(=O)c1cc(Br)c(C)c(N2CCN(C(=O)OC(C)(C)C)CC2)c1. The standard InChI is InChI=1S/C18H27BrN2O4S/c1-6-26(23,24)14-11-15(19)13(2)16(12-14)20-7-9-21(10-8-20)17(22)25-18(3,4)5/h11-12H,6-10H2,1-5H3. The van der Waals surface area contributed by atoms with Crippen molar-refractivity contribution in [3.8, 4) is 0 Å². The molecule has 0 aliphatic carbocycles. The molecular weight excluding hydrogens is 420 g/mol. The van der Waals surface area contributed by atoms with Crippen LogP contribution < -0.4 is 4.90 Å². The quantitative estimate of drug-likeness (QED) is 0.709. The third-order valence-corrected chi connectivity index (χ3v) is 6.84. The molecule has 146 valence electrons. The molecule has 1 amide bonds. The first-order valence-electron chi connectivity index (χ1n) is 8.70. The number of hydrogen-bond acceptors (Lipinski definition) is 5. The number of rotatable bonds is 3. The topological polar surface area (TPSA) is 66.9 Å². The Kier molecular flexibility index (Phi) is 6.28. The van der Waals surface area contributed by atoms with Crippen LogP contribution in [0.4, 0.5) is 10.5 Å². The maximum absolute atomic E-state index is 12.3. The number of amides is 1. The molecule has 1 saturated heterocycles. The summed E-state index contributed by atoms with van der Waals surface area (Å²) < 4.78 is 30.7. The number of ether oxygens (including phenoxy) is 1. The van der Waals surface area contributed by atoms with Gasteiger partial charge in [-0.05, 0) is 45.4 Å². The minimum absolute atomic E-state index is 0.0639. The van der Waals surface area contributed by atoms with Crippen LogP contribution in [0, 0.1) is 6.92 Å². The molecule has 1 aromatic carbocycles. The number of benzene rings is 1. The van der Waals surface area contributed by atoms with E-state index in [1.165, 1.54) is 0 Å². The van der Waals surface area contributed by atoms with Crippen molar-refractivity contribution in [1.29, 1.82) is 0 Å². The lowest BCUT2D eigenvalue weighted by Crippen LogP contribution is -2.50. The van der Waals surface area contributed by atoms with Crippen LogP contribution in [0.25, 0.3) is 0 Å². The zero-order valence-corrected chi connectivity index (χ0v) is 18.4. The van der Waals surface area contributed by atoms with Crippen molar-refractivity contribution in [2.75, 3.05) is 36.8 Å². The van der Waals surface area contributed by atoms with Crippen molar-refractivity contribution in [3.63, 3.8) is 0 Å². The van der Waals surface area contributed by atoms with E-state index < -0.39 is 15.4 Å². The Labute approximate surface area is 164 Å². The number of piperazine rings is 1. The predicted molar refractivity (Wildman–Crippen MR) is 107 cm³/mol. The summed E-state index contributed by atoms with van der Waals surface area (Å²) in [6.07, 6.45) is -0.308. The van der Waals surface area contributed by atoms with Gasteiger partial charge in [-0.2, -0.15) is 0 Å². The lowest BCUT2D eigenvalue weighted by Gasteiger charge is -2.37. The van der Waals surface area contributed by atoms with Crippen molar-refractivity contribution in [1.82, 2.24) is 4.90 Å². The van der Waals surface area contributed by atoms with Crippen LogP contribution in [0.15, 0.2) is 21.5 Å². The monoisotopic (exact) mass is 446 g/mol. The molecule has 0 bridgehead atoms. The highest BCUT2D eigenvalue weighted by Gasteiger charge is 2.27. The summed E-state index contributed by atoms with van der Waals surface area (Å²) in [7, 11) is -3.28. The van der Waals surface area contributed by atoms with Gasteiger partial charge in [0.15, 0.2) is 9.84 Å². The van der Waals surface area contributed by atoms with E-state index in [1.54, 1.807) is 24.0 Å². The van der Waals surface area contributed by atoms with Gasteiger partial charge in [0, 0.05) is 36.3 Å². The number of carbonyl (C=O) groups is 1. The van der Waals surface area contributed by atoms with Crippen LogP contribution in [0.1, 0.15) is 33.3 Å². The summed E-state index contributed by atoms with van der Waals surface area (Å²) in [5.74, 6) is 0.0639. The van der Waals surface area contributed by atoms with E-state index in [2.05, 4.69) is 20.8 Å². The molecule has 1 fully saturated rings. The van der Waals surface area contributed by atoms with Crippen molar-refractivity contribution in [3.05, 3.63) is 22.2 Å². The summed E-state index contributed by atoms with van der Waals surface area (Å²) in [6, 6.07) is 3.40. The second kappa shape index (κ2) is 7.76. The largest absolute Gasteiger partial charge is 0.444 e. The minimum Gasteiger partial charge on any atom is -0.444 e. The maximum Gasteiger partial charge on any atom is 0.410 e. The van der Waals surface area contributed by atoms with Gasteiger partial charge >= 0.3 is 6.09 Å². The third-order valence-electron chi connectivity index (χ3n) is 4.30. The Morgan fingerprint density at radius 2 is 1.77 bits per heavy atom. The van der Waals surface area contributed by atoms with Gasteiger partial charge in [-0.15, -0.1) is 0 Å². The van der Waals surface area contributed by atoms with Crippen LogP contribution in [0.3, 0.4) is 0 Å². The highest BCUT2D eigenvalue weighted by Crippen LogP contribution is 2.32. The molecule has 1 heterocycles. The maximum atomic E-state index is 12.3. The van der Waals surface area contributed by atoms with E-state index in [9.17, 15) is 13.2 Å². The highest BCUT2D eigenvalue weighted by molar-refractivity contribution is 9.10. The third kappa shape index (κ3) is 4.91. The summed E-state index contributed by atoms with van der Waals surface area (Å²) in [5, 5.41) is 0. The molecular formula is C18H27BrN2O4S. The molecule has 0 radical (unpaired) electrons. The molecule has 0 unspecified atom stereocenters. The number of halogens is 1. The van der Waals surface area contributed by atoms with E-state index in [0.717, 1.165) is 15.7 Å². The fourth-order valence-electron chi connectivity index (χ4n) is 2.77. The summed E-state index contributed by atoms with van der Waals surface area (Å²) in [6.45, 7) is 11.5. The molecule has 0 aromatic heterocycles. The molecule has 1 aliphatic rings. The summed E-state index contributed by atoms with van der Waals surface area (Å²) in [5.41, 5.74) is 1.36. The number of sulfone groups is 1. The van der Waals surface area contributed by atoms with Crippen LogP contribution in [-0.2, 0) is 14.6 Å². The Morgan fingerprint density at radius 1 is 1.19 bits per heavy atom. The van der Waals surface area contributed by atoms with E-state index in [1.807, 2.05) is 27.7 Å². The normalized spacial score (nSPS) is 15.9. The molecule has 0 saturated carbocycles. The molecule has 1 aliphatic heterocycles. The molecule has 6 nitrogen and oxygen atoms in total. The zero-order chi connectivity index (χ0) is 19.7. The first kappa shape index (κ1) is 21.0. The molecule has 0 spiro atoms. The molecule has 0 N–H and O–H groups in total. The summed E-state index contributed by atoms with van der Waals surface area (Å²) in [4.78, 5) is 16.3. The number of anilines is 1. The van der Waals surface area contributed by atoms with Crippen LogP contribution in [0.5, 0.6) is 0 Å². The van der Waals surface area contributed by atoms with E-state index in [-0.39, 0.29) is 11.8 Å². The van der Waals surface area contributed by atoms with Gasteiger partial charge in [-0.25, -0.2) is 13.2 Å². The average molecular weight is 447 g/mol. The van der Waals surface area contributed by atoms with Gasteiger partial charge in [-0.1, -0.05) is 22.9 Å². The smallest absolute Gasteiger partial charge is 0.410 e. The lowest BCUT2D eigenvalue weighted by molar-refractivity contribution is 0.0240. The molecule has 1 aromatic rings. The van der Waals surface area contributed by atoms with Gasteiger partial charge in [0.1, 0.15) is 5.60 Å². The lowest BCUT2D eigenvalue weighted by atomic mass is 10.1. The Hall–Kier alpha value is -1.28. The number of nitrogens with zero attached hydrogens (tertiary/aromatic N) is 2. The number of hydrogen-bond donors (Lipinski definition) is 0. The minimum atomic E-state index is -3.28. The van der Waals surface area contributed by atoms with Gasteiger partial charge in [-0.3, -0.25) is 0 Å². The van der Waals surface area contributed by atoms with Crippen LogP contribution in [0.2, 0.25) is 0 Å². The van der Waals surface area contributed by atoms with Crippen molar-refractivity contribution in [2.24, 2.45) is 0 Å². The van der Waals surface area contributed by atoms with Crippen molar-refractivity contribution >= 4 is 37.5 Å². The average Bonchev–Trinajstić information content (AvgIpc) is 2.55. The van der Waals surface area contributed by atoms with Crippen molar-refractivity contribution in [2.45, 2.75) is 45.1 Å². The van der Waals surface area contributed by atoms with Gasteiger partial charge in [0.25, 0.3) is 0 Å². The first-order valence-corrected chi connectivity index (χ1v) is 11.1. The fourth-order valence-corrected chi connectivity index (χ4v) is 4.29. The van der Waals surface area contributed by atoms with E-state index in [0.29, 0.717) is 31.1 Å². The highest BCUT2D eigenvalue weighted by atomic mass is 79.9. The van der Waals surface area contributed by atoms with Crippen LogP contribution >= 0.6 is 15.9 Å². The summed E-state index contributed by atoms with van der Waals surface area (Å²) >= 11 is 3.48. The fraction of sp³-hybridized carbons (Fsp3) is 0.611. The second-order valence-corrected chi connectivity index (χ2v) is 10.5. The van der Waals surface area contributed by atoms with Crippen molar-refractivity contribution < 1.29 is 17.9 Å². The molecule has 26 heavy (non-hydrogen) atoms. The van der Waals surface area contributed by atoms with Gasteiger partial charge < -0.3 is 14.5 Å². The Balaban J connectivity index is 2.18. The van der Waals surface area contributed by atoms with Gasteiger partial charge in [0.2, 0.25) is 0 Å². The van der Waals surface area contributed by atoms with Gasteiger partial charge in [0.05, 0.1) is 10.6 Å². The molecule has 0 atom stereocenters. The van der Waals surface area contributed by atoms with E-state index >= 15 is 0 Å². The van der Waals surface area contributed by atoms with Crippen LogP contribution in [-0.4, -0.2) is 56.9 Å². The zero-order valence-electron chi connectivity index (χ0n) is 16.0. The Bertz CT molecular complexity index is 779. The first-order chi connectivity index (χ1) is 11.9. The molecule has 8 heteroatoms. The van der Waals surface area contributed by atoms with E-state index in [4.69, 9.17) is 4.74 Å².